The summed E-state index contributed by atoms with van der Waals surface area (Å²) in [5.41, 5.74) is 1.48. The zero-order valence-electron chi connectivity index (χ0n) is 12.5. The van der Waals surface area contributed by atoms with Crippen LogP contribution in [0.15, 0.2) is 47.1 Å². The topological polar surface area (TPSA) is 73.0 Å². The van der Waals surface area contributed by atoms with Crippen molar-refractivity contribution in [2.45, 2.75) is 6.92 Å². The highest BCUT2D eigenvalue weighted by Gasteiger charge is 2.17. The van der Waals surface area contributed by atoms with Crippen molar-refractivity contribution in [1.82, 2.24) is 14.8 Å². The van der Waals surface area contributed by atoms with Crippen LogP contribution in [0.25, 0.3) is 15.3 Å². The lowest BCUT2D eigenvalue weighted by Crippen LogP contribution is -2.14. The minimum absolute atomic E-state index is 0.229. The summed E-state index contributed by atoms with van der Waals surface area (Å²) in [7, 11) is 0. The van der Waals surface area contributed by atoms with Gasteiger partial charge in [0.1, 0.15) is 11.3 Å². The van der Waals surface area contributed by atoms with Crippen molar-refractivity contribution in [1.29, 1.82) is 0 Å². The molecule has 0 aliphatic heterocycles. The molecule has 0 bridgehead atoms. The number of hydrogen-bond donors (Lipinski definition) is 1. The maximum absolute atomic E-state index is 12.2. The van der Waals surface area contributed by atoms with Crippen molar-refractivity contribution in [3.63, 3.8) is 0 Å². The highest BCUT2D eigenvalue weighted by atomic mass is 35.5. The molecule has 3 heterocycles. The number of fused-ring (bicyclic) bond motifs is 1. The standard InChI is InChI=1S/C16H11ClN4O2S/c1-9-8-13(18-15(22)11-5-3-7-23-11)21(20-9)16-19-14-10(17)4-2-6-12(14)24-16/h2-8H,1H3,(H,18,22). The molecule has 3 aromatic heterocycles. The number of nitrogens with zero attached hydrogens (tertiary/aromatic N) is 3. The molecule has 1 amide bonds. The summed E-state index contributed by atoms with van der Waals surface area (Å²) in [6, 6.07) is 10.6. The van der Waals surface area contributed by atoms with Gasteiger partial charge in [-0.3, -0.25) is 4.79 Å². The summed E-state index contributed by atoms with van der Waals surface area (Å²) in [5.74, 6) is 0.400. The lowest BCUT2D eigenvalue weighted by atomic mass is 10.3. The molecule has 0 saturated carbocycles. The van der Waals surface area contributed by atoms with E-state index in [9.17, 15) is 4.79 Å². The van der Waals surface area contributed by atoms with Crippen molar-refractivity contribution in [3.05, 3.63) is 59.1 Å². The average molecular weight is 359 g/mol. The molecule has 1 aromatic carbocycles. The van der Waals surface area contributed by atoms with E-state index in [0.29, 0.717) is 16.0 Å². The highest BCUT2D eigenvalue weighted by Crippen LogP contribution is 2.31. The van der Waals surface area contributed by atoms with Crippen LogP contribution in [0.1, 0.15) is 16.2 Å². The Labute approximate surface area is 145 Å². The van der Waals surface area contributed by atoms with Gasteiger partial charge in [0, 0.05) is 6.07 Å². The Morgan fingerprint density at radius 1 is 1.33 bits per heavy atom. The zero-order chi connectivity index (χ0) is 16.7. The van der Waals surface area contributed by atoms with Gasteiger partial charge in [-0.05, 0) is 31.2 Å². The molecule has 0 spiro atoms. The molecule has 0 unspecified atom stereocenters. The van der Waals surface area contributed by atoms with E-state index in [-0.39, 0.29) is 11.7 Å². The van der Waals surface area contributed by atoms with Crippen LogP contribution in [0.3, 0.4) is 0 Å². The molecule has 24 heavy (non-hydrogen) atoms. The first-order chi connectivity index (χ1) is 11.6. The third-order valence-electron chi connectivity index (χ3n) is 3.36. The molecular formula is C16H11ClN4O2S. The summed E-state index contributed by atoms with van der Waals surface area (Å²) >= 11 is 7.63. The smallest absolute Gasteiger partial charge is 0.292 e. The summed E-state index contributed by atoms with van der Waals surface area (Å²) in [4.78, 5) is 16.7. The number of thiazole rings is 1. The first-order valence-corrected chi connectivity index (χ1v) is 8.28. The van der Waals surface area contributed by atoms with E-state index in [0.717, 1.165) is 15.9 Å². The van der Waals surface area contributed by atoms with Crippen molar-refractivity contribution in [3.8, 4) is 5.13 Å². The Morgan fingerprint density at radius 3 is 2.96 bits per heavy atom. The second-order valence-corrected chi connectivity index (χ2v) is 6.51. The number of nitrogens with one attached hydrogen (secondary N) is 1. The van der Waals surface area contributed by atoms with E-state index in [1.54, 1.807) is 28.9 Å². The molecule has 4 aromatic rings. The molecule has 6 nitrogen and oxygen atoms in total. The third kappa shape index (κ3) is 2.57. The fourth-order valence-corrected chi connectivity index (χ4v) is 3.54. The van der Waals surface area contributed by atoms with Gasteiger partial charge >= 0.3 is 0 Å². The van der Waals surface area contributed by atoms with E-state index >= 15 is 0 Å². The number of anilines is 1. The average Bonchev–Trinajstić information content (AvgIpc) is 3.26. The van der Waals surface area contributed by atoms with Crippen LogP contribution >= 0.6 is 22.9 Å². The van der Waals surface area contributed by atoms with E-state index in [1.807, 2.05) is 19.1 Å². The fraction of sp³-hybridized carbons (Fsp3) is 0.0625. The predicted molar refractivity (Wildman–Crippen MR) is 93.2 cm³/mol. The van der Waals surface area contributed by atoms with E-state index in [4.69, 9.17) is 16.0 Å². The van der Waals surface area contributed by atoms with Crippen molar-refractivity contribution in [2.75, 3.05) is 5.32 Å². The predicted octanol–water partition coefficient (Wildman–Crippen LogP) is 4.29. The van der Waals surface area contributed by atoms with Crippen LogP contribution in [0.5, 0.6) is 0 Å². The molecule has 0 fully saturated rings. The highest BCUT2D eigenvalue weighted by molar-refractivity contribution is 7.20. The summed E-state index contributed by atoms with van der Waals surface area (Å²) in [6.45, 7) is 1.85. The molecule has 0 saturated heterocycles. The summed E-state index contributed by atoms with van der Waals surface area (Å²) in [6.07, 6.45) is 1.45. The maximum atomic E-state index is 12.2. The molecule has 8 heteroatoms. The molecule has 0 atom stereocenters. The normalized spacial score (nSPS) is 11.1. The summed E-state index contributed by atoms with van der Waals surface area (Å²) < 4.78 is 7.66. The number of aryl methyl sites for hydroxylation is 1. The Hall–Kier alpha value is -2.64. The van der Waals surface area contributed by atoms with Gasteiger partial charge in [-0.25, -0.2) is 4.98 Å². The number of amides is 1. The number of carbonyl (C=O) groups excluding carboxylic acids is 1. The van der Waals surface area contributed by atoms with Crippen molar-refractivity contribution < 1.29 is 9.21 Å². The third-order valence-corrected chi connectivity index (χ3v) is 4.66. The maximum Gasteiger partial charge on any atom is 0.292 e. The SMILES string of the molecule is Cc1cc(NC(=O)c2ccco2)n(-c2nc3c(Cl)cccc3s2)n1. The van der Waals surface area contributed by atoms with Gasteiger partial charge in [0.2, 0.25) is 5.13 Å². The van der Waals surface area contributed by atoms with Crippen LogP contribution in [0, 0.1) is 6.92 Å². The summed E-state index contributed by atoms with van der Waals surface area (Å²) in [5, 5.41) is 8.42. The van der Waals surface area contributed by atoms with Gasteiger partial charge in [0.15, 0.2) is 5.76 Å². The van der Waals surface area contributed by atoms with Crippen LogP contribution in [-0.4, -0.2) is 20.7 Å². The van der Waals surface area contributed by atoms with Gasteiger partial charge in [-0.2, -0.15) is 9.78 Å². The molecule has 120 valence electrons. The van der Waals surface area contributed by atoms with Crippen LogP contribution < -0.4 is 5.32 Å². The van der Waals surface area contributed by atoms with Crippen molar-refractivity contribution in [2.24, 2.45) is 0 Å². The number of rotatable bonds is 3. The lowest BCUT2D eigenvalue weighted by molar-refractivity contribution is 0.0996. The van der Waals surface area contributed by atoms with E-state index < -0.39 is 0 Å². The number of benzene rings is 1. The zero-order valence-corrected chi connectivity index (χ0v) is 14.1. The Morgan fingerprint density at radius 2 is 2.21 bits per heavy atom. The first kappa shape index (κ1) is 14.9. The lowest BCUT2D eigenvalue weighted by Gasteiger charge is -2.04. The van der Waals surface area contributed by atoms with Crippen LogP contribution in [0.2, 0.25) is 5.02 Å². The Balaban J connectivity index is 1.75. The quantitative estimate of drug-likeness (QED) is 0.593. The van der Waals surface area contributed by atoms with Crippen molar-refractivity contribution >= 4 is 44.9 Å². The van der Waals surface area contributed by atoms with E-state index in [2.05, 4.69) is 15.4 Å². The fourth-order valence-electron chi connectivity index (χ4n) is 2.31. The molecule has 0 aliphatic rings. The Bertz CT molecular complexity index is 1040. The van der Waals surface area contributed by atoms with Gasteiger partial charge < -0.3 is 9.73 Å². The number of halogens is 1. The molecular weight excluding hydrogens is 348 g/mol. The van der Waals surface area contributed by atoms with Crippen LogP contribution in [-0.2, 0) is 0 Å². The van der Waals surface area contributed by atoms with Gasteiger partial charge in [0.05, 0.1) is 21.7 Å². The van der Waals surface area contributed by atoms with Gasteiger partial charge in [-0.1, -0.05) is 29.0 Å². The van der Waals surface area contributed by atoms with Crippen LogP contribution in [0.4, 0.5) is 5.82 Å². The number of carbonyl (C=O) groups is 1. The second-order valence-electron chi connectivity index (χ2n) is 5.10. The molecule has 0 aliphatic carbocycles. The Kier molecular flexibility index (Phi) is 3.59. The minimum Gasteiger partial charge on any atom is -0.459 e. The van der Waals surface area contributed by atoms with E-state index in [1.165, 1.54) is 17.6 Å². The second kappa shape index (κ2) is 5.77. The molecule has 0 radical (unpaired) electrons. The number of hydrogen-bond acceptors (Lipinski definition) is 5. The number of para-hydroxylation sites is 1. The molecule has 4 rings (SSSR count). The van der Waals surface area contributed by atoms with Gasteiger partial charge in [-0.15, -0.1) is 0 Å². The minimum atomic E-state index is -0.347. The number of aromatic nitrogens is 3. The number of furan rings is 1. The first-order valence-electron chi connectivity index (χ1n) is 7.09. The largest absolute Gasteiger partial charge is 0.459 e. The monoisotopic (exact) mass is 358 g/mol. The molecule has 1 N–H and O–H groups in total. The van der Waals surface area contributed by atoms with Gasteiger partial charge in [0.25, 0.3) is 5.91 Å².